The van der Waals surface area contributed by atoms with Crippen LogP contribution in [-0.2, 0) is 14.3 Å². The molecule has 5 heteroatoms. The van der Waals surface area contributed by atoms with Crippen LogP contribution >= 0.6 is 0 Å². The van der Waals surface area contributed by atoms with Crippen LogP contribution in [0, 0.1) is 12.8 Å². The van der Waals surface area contributed by atoms with Crippen LogP contribution in [0.25, 0.3) is 0 Å². The molecule has 5 nitrogen and oxygen atoms in total. The van der Waals surface area contributed by atoms with Gasteiger partial charge < -0.3 is 10.1 Å². The summed E-state index contributed by atoms with van der Waals surface area (Å²) >= 11 is 0. The lowest BCUT2D eigenvalue weighted by Crippen LogP contribution is -2.45. The van der Waals surface area contributed by atoms with E-state index >= 15 is 0 Å². The third-order valence-electron chi connectivity index (χ3n) is 5.12. The average molecular weight is 380 g/mol. The van der Waals surface area contributed by atoms with Crippen molar-refractivity contribution in [3.63, 3.8) is 0 Å². The molecule has 0 spiro atoms. The molecule has 1 N–H and O–H groups in total. The molecule has 0 radical (unpaired) electrons. The molecule has 0 aromatic heterocycles. The SMILES string of the molecule is CCOC(=O)C1CCCN(C(C(=O)Nc2ccc(C)cc2)c2ccccc2)C1. The summed E-state index contributed by atoms with van der Waals surface area (Å²) in [6.45, 7) is 5.52. The Bertz CT molecular complexity index is 789. The molecular formula is C23H28N2O3. The van der Waals surface area contributed by atoms with E-state index in [9.17, 15) is 9.59 Å². The van der Waals surface area contributed by atoms with Crippen molar-refractivity contribution >= 4 is 17.6 Å². The number of nitrogens with one attached hydrogen (secondary N) is 1. The van der Waals surface area contributed by atoms with Crippen molar-refractivity contribution in [3.05, 3.63) is 65.7 Å². The van der Waals surface area contributed by atoms with Crippen molar-refractivity contribution in [2.24, 2.45) is 5.92 Å². The first-order valence-electron chi connectivity index (χ1n) is 9.91. The minimum Gasteiger partial charge on any atom is -0.466 e. The van der Waals surface area contributed by atoms with Crippen LogP contribution in [0.2, 0.25) is 0 Å². The molecule has 3 rings (SSSR count). The van der Waals surface area contributed by atoms with Crippen LogP contribution in [0.4, 0.5) is 5.69 Å². The van der Waals surface area contributed by atoms with E-state index in [0.29, 0.717) is 13.2 Å². The smallest absolute Gasteiger partial charge is 0.310 e. The summed E-state index contributed by atoms with van der Waals surface area (Å²) in [6.07, 6.45) is 1.67. The monoisotopic (exact) mass is 380 g/mol. The van der Waals surface area contributed by atoms with Gasteiger partial charge in [0.2, 0.25) is 5.91 Å². The number of ether oxygens (including phenoxy) is 1. The highest BCUT2D eigenvalue weighted by atomic mass is 16.5. The van der Waals surface area contributed by atoms with Gasteiger partial charge in [0.25, 0.3) is 0 Å². The summed E-state index contributed by atoms with van der Waals surface area (Å²) in [5, 5.41) is 3.04. The quantitative estimate of drug-likeness (QED) is 0.771. The van der Waals surface area contributed by atoms with Crippen LogP contribution in [0.3, 0.4) is 0 Å². The number of anilines is 1. The zero-order chi connectivity index (χ0) is 19.9. The summed E-state index contributed by atoms with van der Waals surface area (Å²) in [5.74, 6) is -0.440. The van der Waals surface area contributed by atoms with E-state index in [1.807, 2.05) is 68.4 Å². The van der Waals surface area contributed by atoms with Gasteiger partial charge in [-0.25, -0.2) is 0 Å². The average Bonchev–Trinajstić information content (AvgIpc) is 2.71. The van der Waals surface area contributed by atoms with E-state index in [4.69, 9.17) is 4.74 Å². The normalized spacial score (nSPS) is 18.3. The van der Waals surface area contributed by atoms with Crippen molar-refractivity contribution in [2.75, 3.05) is 25.0 Å². The maximum absolute atomic E-state index is 13.2. The molecule has 1 saturated heterocycles. The van der Waals surface area contributed by atoms with E-state index in [0.717, 1.165) is 36.2 Å². The number of aryl methyl sites for hydroxylation is 1. The third-order valence-corrected chi connectivity index (χ3v) is 5.12. The van der Waals surface area contributed by atoms with Crippen molar-refractivity contribution < 1.29 is 14.3 Å². The third kappa shape index (κ3) is 4.98. The Morgan fingerprint density at radius 1 is 1.14 bits per heavy atom. The zero-order valence-electron chi connectivity index (χ0n) is 16.6. The molecule has 1 heterocycles. The largest absolute Gasteiger partial charge is 0.466 e. The summed E-state index contributed by atoms with van der Waals surface area (Å²) in [7, 11) is 0. The van der Waals surface area contributed by atoms with Gasteiger partial charge in [0, 0.05) is 12.2 Å². The first-order valence-corrected chi connectivity index (χ1v) is 9.91. The minimum absolute atomic E-state index is 0.0837. The van der Waals surface area contributed by atoms with Gasteiger partial charge in [-0.1, -0.05) is 48.0 Å². The molecule has 1 amide bonds. The van der Waals surface area contributed by atoms with Gasteiger partial charge in [0.15, 0.2) is 0 Å². The maximum Gasteiger partial charge on any atom is 0.310 e. The first-order chi connectivity index (χ1) is 13.6. The van der Waals surface area contributed by atoms with E-state index < -0.39 is 6.04 Å². The Morgan fingerprint density at radius 3 is 2.54 bits per heavy atom. The summed E-state index contributed by atoms with van der Waals surface area (Å²) in [5.41, 5.74) is 2.85. The maximum atomic E-state index is 13.2. The van der Waals surface area contributed by atoms with E-state index in [1.54, 1.807) is 0 Å². The number of rotatable bonds is 6. The number of amides is 1. The fourth-order valence-corrected chi connectivity index (χ4v) is 3.70. The molecule has 2 aromatic carbocycles. The summed E-state index contributed by atoms with van der Waals surface area (Å²) in [4.78, 5) is 27.6. The fourth-order valence-electron chi connectivity index (χ4n) is 3.70. The lowest BCUT2D eigenvalue weighted by atomic mass is 9.94. The topological polar surface area (TPSA) is 58.6 Å². The second-order valence-electron chi connectivity index (χ2n) is 7.25. The molecule has 1 aliphatic rings. The first kappa shape index (κ1) is 20.1. The predicted octanol–water partition coefficient (Wildman–Crippen LogP) is 3.95. The van der Waals surface area contributed by atoms with Gasteiger partial charge >= 0.3 is 5.97 Å². The van der Waals surface area contributed by atoms with Gasteiger partial charge in [-0.2, -0.15) is 0 Å². The fraction of sp³-hybridized carbons (Fsp3) is 0.391. The van der Waals surface area contributed by atoms with Gasteiger partial charge in [-0.05, 0) is 50.9 Å². The number of piperidine rings is 1. The van der Waals surface area contributed by atoms with Crippen molar-refractivity contribution in [1.29, 1.82) is 0 Å². The summed E-state index contributed by atoms with van der Waals surface area (Å²) in [6, 6.07) is 17.1. The predicted molar refractivity (Wildman–Crippen MR) is 110 cm³/mol. The molecule has 28 heavy (non-hydrogen) atoms. The van der Waals surface area contributed by atoms with Gasteiger partial charge in [0.1, 0.15) is 6.04 Å². The second kappa shape index (κ2) is 9.51. The van der Waals surface area contributed by atoms with Crippen LogP contribution in [-0.4, -0.2) is 36.5 Å². The molecule has 1 aliphatic heterocycles. The number of hydrogen-bond donors (Lipinski definition) is 1. The zero-order valence-corrected chi connectivity index (χ0v) is 16.6. The molecule has 0 aliphatic carbocycles. The molecular weight excluding hydrogens is 352 g/mol. The van der Waals surface area contributed by atoms with Gasteiger partial charge in [-0.15, -0.1) is 0 Å². The van der Waals surface area contributed by atoms with Crippen molar-refractivity contribution in [1.82, 2.24) is 4.90 Å². The van der Waals surface area contributed by atoms with E-state index in [2.05, 4.69) is 10.2 Å². The van der Waals surface area contributed by atoms with Crippen molar-refractivity contribution in [3.8, 4) is 0 Å². The molecule has 1 fully saturated rings. The lowest BCUT2D eigenvalue weighted by Gasteiger charge is -2.36. The Kier molecular flexibility index (Phi) is 6.82. The molecule has 2 atom stereocenters. The van der Waals surface area contributed by atoms with Crippen LogP contribution in [0.1, 0.15) is 36.9 Å². The number of esters is 1. The highest BCUT2D eigenvalue weighted by molar-refractivity contribution is 5.95. The molecule has 0 bridgehead atoms. The number of likely N-dealkylation sites (tertiary alicyclic amines) is 1. The lowest BCUT2D eigenvalue weighted by molar-refractivity contribution is -0.151. The van der Waals surface area contributed by atoms with E-state index in [1.165, 1.54) is 0 Å². The summed E-state index contributed by atoms with van der Waals surface area (Å²) < 4.78 is 5.22. The van der Waals surface area contributed by atoms with Crippen LogP contribution in [0.15, 0.2) is 54.6 Å². The molecule has 0 saturated carbocycles. The number of nitrogens with zero attached hydrogens (tertiary/aromatic N) is 1. The Balaban J connectivity index is 1.81. The number of hydrogen-bond acceptors (Lipinski definition) is 4. The Morgan fingerprint density at radius 2 is 1.86 bits per heavy atom. The molecule has 2 unspecified atom stereocenters. The highest BCUT2D eigenvalue weighted by Crippen LogP contribution is 2.29. The standard InChI is InChI=1S/C23H28N2O3/c1-3-28-23(27)19-10-7-15-25(16-19)21(18-8-5-4-6-9-18)22(26)24-20-13-11-17(2)12-14-20/h4-6,8-9,11-14,19,21H,3,7,10,15-16H2,1-2H3,(H,24,26). The number of benzene rings is 2. The highest BCUT2D eigenvalue weighted by Gasteiger charge is 2.34. The Hall–Kier alpha value is -2.66. The number of carbonyl (C=O) groups is 2. The second-order valence-corrected chi connectivity index (χ2v) is 7.25. The van der Waals surface area contributed by atoms with Gasteiger partial charge in [-0.3, -0.25) is 14.5 Å². The molecule has 148 valence electrons. The molecule has 2 aromatic rings. The Labute approximate surface area is 166 Å². The van der Waals surface area contributed by atoms with Crippen LogP contribution in [0.5, 0.6) is 0 Å². The minimum atomic E-state index is -0.445. The van der Waals surface area contributed by atoms with Gasteiger partial charge in [0.05, 0.1) is 12.5 Å². The number of carbonyl (C=O) groups excluding carboxylic acids is 2. The van der Waals surface area contributed by atoms with Crippen molar-refractivity contribution in [2.45, 2.75) is 32.7 Å². The van der Waals surface area contributed by atoms with Crippen LogP contribution < -0.4 is 5.32 Å². The van der Waals surface area contributed by atoms with E-state index in [-0.39, 0.29) is 17.8 Å².